The molecule has 0 radical (unpaired) electrons. The van der Waals surface area contributed by atoms with Gasteiger partial charge in [-0.25, -0.2) is 0 Å². The van der Waals surface area contributed by atoms with Crippen molar-refractivity contribution in [2.75, 3.05) is 19.7 Å². The van der Waals surface area contributed by atoms with Crippen molar-refractivity contribution in [3.05, 3.63) is 29.8 Å². The molecular weight excluding hydrogens is 300 g/mol. The first kappa shape index (κ1) is 18.3. The zero-order valence-electron chi connectivity index (χ0n) is 15.3. The Labute approximate surface area is 145 Å². The van der Waals surface area contributed by atoms with Crippen LogP contribution in [0.2, 0.25) is 0 Å². The predicted octanol–water partition coefficient (Wildman–Crippen LogP) is 3.49. The van der Waals surface area contributed by atoms with Crippen LogP contribution in [0.4, 0.5) is 0 Å². The minimum Gasteiger partial charge on any atom is -0.494 e. The molecule has 0 unspecified atom stereocenters. The lowest BCUT2D eigenvalue weighted by atomic mass is 9.93. The van der Waals surface area contributed by atoms with E-state index in [0.717, 1.165) is 37.2 Å². The van der Waals surface area contributed by atoms with Crippen molar-refractivity contribution in [3.8, 4) is 5.75 Å². The first-order valence-corrected chi connectivity index (χ1v) is 8.63. The maximum atomic E-state index is 8.23. The van der Waals surface area contributed by atoms with Crippen LogP contribution >= 0.6 is 0 Å². The smallest absolute Gasteiger partial charge is 0.125 e. The van der Waals surface area contributed by atoms with Crippen molar-refractivity contribution < 1.29 is 4.74 Å². The summed E-state index contributed by atoms with van der Waals surface area (Å²) >= 11 is 0. The molecule has 132 valence electrons. The second-order valence-electron chi connectivity index (χ2n) is 7.72. The second kappa shape index (κ2) is 7.69. The lowest BCUT2D eigenvalue weighted by Gasteiger charge is -2.19. The Bertz CT molecular complexity index is 574. The van der Waals surface area contributed by atoms with Crippen molar-refractivity contribution in [2.24, 2.45) is 5.41 Å². The summed E-state index contributed by atoms with van der Waals surface area (Å²) in [6.45, 7) is 10.8. The number of hydrogen-bond acceptors (Lipinski definition) is 3. The number of nitrogens with one attached hydrogen (secondary N) is 3. The van der Waals surface area contributed by atoms with Crippen LogP contribution in [0.15, 0.2) is 24.3 Å². The molecule has 1 fully saturated rings. The summed E-state index contributed by atoms with van der Waals surface area (Å²) < 4.78 is 5.77. The Morgan fingerprint density at radius 3 is 2.46 bits per heavy atom. The third-order valence-corrected chi connectivity index (χ3v) is 4.27. The van der Waals surface area contributed by atoms with Gasteiger partial charge < -0.3 is 15.0 Å². The Balaban J connectivity index is 1.82. The number of hydrogen-bond donors (Lipinski definition) is 3. The first-order valence-electron chi connectivity index (χ1n) is 8.63. The SMILES string of the molecule is CC(=N)N1CC[C@H](NC(=N)c2ccc(OCCC(C)(C)C)cc2)C1. The molecule has 1 atom stereocenters. The van der Waals surface area contributed by atoms with Crippen LogP contribution in [0, 0.1) is 16.2 Å². The van der Waals surface area contributed by atoms with Crippen LogP contribution < -0.4 is 10.1 Å². The van der Waals surface area contributed by atoms with E-state index in [-0.39, 0.29) is 11.5 Å². The molecule has 3 N–H and O–H groups in total. The maximum Gasteiger partial charge on any atom is 0.125 e. The highest BCUT2D eigenvalue weighted by molar-refractivity contribution is 5.96. The van der Waals surface area contributed by atoms with E-state index >= 15 is 0 Å². The maximum absolute atomic E-state index is 8.23. The quantitative estimate of drug-likeness (QED) is 0.571. The van der Waals surface area contributed by atoms with Crippen molar-refractivity contribution >= 4 is 11.7 Å². The molecule has 1 aliphatic heterocycles. The Kier molecular flexibility index (Phi) is 5.86. The van der Waals surface area contributed by atoms with Gasteiger partial charge in [-0.15, -0.1) is 0 Å². The molecule has 0 amide bonds. The van der Waals surface area contributed by atoms with Gasteiger partial charge in [-0.1, -0.05) is 20.8 Å². The summed E-state index contributed by atoms with van der Waals surface area (Å²) in [5.74, 6) is 1.88. The lowest BCUT2D eigenvalue weighted by Crippen LogP contribution is -2.37. The Morgan fingerprint density at radius 2 is 1.92 bits per heavy atom. The van der Waals surface area contributed by atoms with E-state index in [1.807, 2.05) is 36.1 Å². The van der Waals surface area contributed by atoms with E-state index < -0.39 is 0 Å². The van der Waals surface area contributed by atoms with Gasteiger partial charge in [0.15, 0.2) is 0 Å². The number of nitrogens with zero attached hydrogens (tertiary/aromatic N) is 1. The summed E-state index contributed by atoms with van der Waals surface area (Å²) in [6, 6.07) is 7.95. The third-order valence-electron chi connectivity index (χ3n) is 4.27. The number of benzene rings is 1. The standard InChI is InChI=1S/C19H30N4O/c1-14(20)23-11-9-16(13-23)22-18(21)15-5-7-17(8-6-15)24-12-10-19(2,3)4/h5-8,16,20H,9-13H2,1-4H3,(H2,21,22)/t16-/m0/s1. The molecule has 1 heterocycles. The van der Waals surface area contributed by atoms with Gasteiger partial charge in [0.05, 0.1) is 12.4 Å². The highest BCUT2D eigenvalue weighted by Crippen LogP contribution is 2.20. The highest BCUT2D eigenvalue weighted by atomic mass is 16.5. The molecule has 0 spiro atoms. The van der Waals surface area contributed by atoms with Gasteiger partial charge >= 0.3 is 0 Å². The molecule has 2 rings (SSSR count). The monoisotopic (exact) mass is 330 g/mol. The van der Waals surface area contributed by atoms with E-state index in [2.05, 4.69) is 26.1 Å². The van der Waals surface area contributed by atoms with Gasteiger partial charge in [-0.2, -0.15) is 0 Å². The Morgan fingerprint density at radius 1 is 1.25 bits per heavy atom. The summed E-state index contributed by atoms with van der Waals surface area (Å²) in [6.07, 6.45) is 1.98. The van der Waals surface area contributed by atoms with Gasteiger partial charge in [-0.3, -0.25) is 10.8 Å². The topological polar surface area (TPSA) is 72.2 Å². The van der Waals surface area contributed by atoms with Gasteiger partial charge in [0.1, 0.15) is 11.6 Å². The number of likely N-dealkylation sites (tertiary alicyclic amines) is 1. The summed E-state index contributed by atoms with van der Waals surface area (Å²) in [5.41, 5.74) is 1.14. The molecule has 1 saturated heterocycles. The van der Waals surface area contributed by atoms with Crippen LogP contribution in [0.3, 0.4) is 0 Å². The van der Waals surface area contributed by atoms with E-state index in [1.54, 1.807) is 0 Å². The molecule has 5 nitrogen and oxygen atoms in total. The number of amidine groups is 2. The molecule has 0 aromatic heterocycles. The molecule has 1 aromatic rings. The molecule has 24 heavy (non-hydrogen) atoms. The van der Waals surface area contributed by atoms with Crippen LogP contribution in [0.25, 0.3) is 0 Å². The zero-order chi connectivity index (χ0) is 17.7. The molecule has 0 bridgehead atoms. The first-order chi connectivity index (χ1) is 11.2. The number of rotatable bonds is 5. The van der Waals surface area contributed by atoms with E-state index in [9.17, 15) is 0 Å². The zero-order valence-corrected chi connectivity index (χ0v) is 15.3. The lowest BCUT2D eigenvalue weighted by molar-refractivity contribution is 0.243. The van der Waals surface area contributed by atoms with E-state index in [4.69, 9.17) is 15.6 Å². The molecule has 1 aliphatic rings. The van der Waals surface area contributed by atoms with Crippen LogP contribution in [-0.2, 0) is 0 Å². The second-order valence-corrected chi connectivity index (χ2v) is 7.72. The van der Waals surface area contributed by atoms with Gasteiger partial charge in [0, 0.05) is 24.7 Å². The fraction of sp³-hybridized carbons (Fsp3) is 0.579. The molecule has 0 saturated carbocycles. The highest BCUT2D eigenvalue weighted by Gasteiger charge is 2.23. The van der Waals surface area contributed by atoms with Crippen molar-refractivity contribution in [1.82, 2.24) is 10.2 Å². The van der Waals surface area contributed by atoms with Crippen LogP contribution in [0.5, 0.6) is 5.75 Å². The van der Waals surface area contributed by atoms with E-state index in [0.29, 0.717) is 18.3 Å². The summed E-state index contributed by atoms with van der Waals surface area (Å²) in [4.78, 5) is 2.04. The molecule has 5 heteroatoms. The average molecular weight is 330 g/mol. The summed E-state index contributed by atoms with van der Waals surface area (Å²) in [7, 11) is 0. The van der Waals surface area contributed by atoms with Crippen LogP contribution in [0.1, 0.15) is 46.1 Å². The third kappa shape index (κ3) is 5.55. The van der Waals surface area contributed by atoms with E-state index in [1.165, 1.54) is 0 Å². The predicted molar refractivity (Wildman–Crippen MR) is 99.4 cm³/mol. The Hall–Kier alpha value is -2.04. The fourth-order valence-electron chi connectivity index (χ4n) is 2.66. The minimum absolute atomic E-state index is 0.237. The number of ether oxygens (including phenoxy) is 1. The molecule has 1 aromatic carbocycles. The van der Waals surface area contributed by atoms with Crippen molar-refractivity contribution in [1.29, 1.82) is 10.8 Å². The van der Waals surface area contributed by atoms with Crippen molar-refractivity contribution in [3.63, 3.8) is 0 Å². The van der Waals surface area contributed by atoms with Gasteiger partial charge in [0.2, 0.25) is 0 Å². The largest absolute Gasteiger partial charge is 0.494 e. The van der Waals surface area contributed by atoms with Gasteiger partial charge in [-0.05, 0) is 49.4 Å². The normalized spacial score (nSPS) is 17.7. The average Bonchev–Trinajstić information content (AvgIpc) is 2.95. The molecule has 0 aliphatic carbocycles. The summed E-state index contributed by atoms with van der Waals surface area (Å²) in [5, 5.41) is 19.2. The minimum atomic E-state index is 0.237. The fourth-order valence-corrected chi connectivity index (χ4v) is 2.66. The van der Waals surface area contributed by atoms with Crippen LogP contribution in [-0.4, -0.2) is 42.3 Å². The molecular formula is C19H30N4O. The van der Waals surface area contributed by atoms with Gasteiger partial charge in [0.25, 0.3) is 0 Å². The van der Waals surface area contributed by atoms with Crippen molar-refractivity contribution in [2.45, 2.75) is 46.6 Å².